The number of halogens is 1. The molecule has 6 nitrogen and oxygen atoms in total. The third-order valence-corrected chi connectivity index (χ3v) is 3.35. The van der Waals surface area contributed by atoms with Gasteiger partial charge in [-0.3, -0.25) is 9.59 Å². The SMILES string of the molecule is CC(C)n1ncc(NCCC(=O)N(C)C)c(Br)c1=O. The Morgan fingerprint density at radius 3 is 2.68 bits per heavy atom. The summed E-state index contributed by atoms with van der Waals surface area (Å²) >= 11 is 3.26. The van der Waals surface area contributed by atoms with Crippen LogP contribution in [-0.2, 0) is 4.79 Å². The summed E-state index contributed by atoms with van der Waals surface area (Å²) < 4.78 is 1.84. The second kappa shape index (κ2) is 6.70. The zero-order valence-electron chi connectivity index (χ0n) is 11.6. The van der Waals surface area contributed by atoms with Gasteiger partial charge >= 0.3 is 0 Å². The summed E-state index contributed by atoms with van der Waals surface area (Å²) in [6, 6.07) is 0.00756. The summed E-state index contributed by atoms with van der Waals surface area (Å²) in [5.41, 5.74) is 0.424. The van der Waals surface area contributed by atoms with Crippen molar-refractivity contribution >= 4 is 27.5 Å². The van der Waals surface area contributed by atoms with Crippen LogP contribution >= 0.6 is 15.9 Å². The Morgan fingerprint density at radius 2 is 2.16 bits per heavy atom. The van der Waals surface area contributed by atoms with Crippen LogP contribution in [0.3, 0.4) is 0 Å². The van der Waals surface area contributed by atoms with Crippen molar-refractivity contribution in [2.45, 2.75) is 26.3 Å². The van der Waals surface area contributed by atoms with E-state index in [1.165, 1.54) is 9.58 Å². The Hall–Kier alpha value is -1.37. The van der Waals surface area contributed by atoms with Gasteiger partial charge in [0, 0.05) is 27.1 Å². The van der Waals surface area contributed by atoms with E-state index in [1.54, 1.807) is 20.3 Å². The number of nitrogens with zero attached hydrogens (tertiary/aromatic N) is 3. The molecule has 106 valence electrons. The third-order valence-electron chi connectivity index (χ3n) is 2.59. The minimum atomic E-state index is -0.182. The van der Waals surface area contributed by atoms with Crippen molar-refractivity contribution in [3.05, 3.63) is 21.0 Å². The van der Waals surface area contributed by atoms with E-state index >= 15 is 0 Å². The van der Waals surface area contributed by atoms with E-state index in [2.05, 4.69) is 26.3 Å². The lowest BCUT2D eigenvalue weighted by Crippen LogP contribution is -2.27. The van der Waals surface area contributed by atoms with Gasteiger partial charge in [-0.2, -0.15) is 5.10 Å². The molecule has 0 saturated carbocycles. The predicted octanol–water partition coefficient (Wildman–Crippen LogP) is 1.48. The first kappa shape index (κ1) is 15.7. The van der Waals surface area contributed by atoms with Crippen molar-refractivity contribution < 1.29 is 4.79 Å². The molecule has 1 N–H and O–H groups in total. The molecule has 1 amide bonds. The normalized spacial score (nSPS) is 10.6. The molecule has 0 radical (unpaired) electrons. The van der Waals surface area contributed by atoms with Crippen molar-refractivity contribution in [3.63, 3.8) is 0 Å². The topological polar surface area (TPSA) is 67.2 Å². The highest BCUT2D eigenvalue weighted by atomic mass is 79.9. The molecule has 0 fully saturated rings. The van der Waals surface area contributed by atoms with Crippen LogP contribution in [0.25, 0.3) is 0 Å². The highest BCUT2D eigenvalue weighted by Gasteiger charge is 2.11. The standard InChI is InChI=1S/C12H19BrN4O2/c1-8(2)17-12(19)11(13)9(7-15-17)14-6-5-10(18)16(3)4/h7-8,14H,5-6H2,1-4H3. The van der Waals surface area contributed by atoms with E-state index in [-0.39, 0.29) is 17.5 Å². The van der Waals surface area contributed by atoms with Gasteiger partial charge in [0.15, 0.2) is 0 Å². The van der Waals surface area contributed by atoms with Crippen LogP contribution in [0.5, 0.6) is 0 Å². The molecule has 0 aliphatic heterocycles. The summed E-state index contributed by atoms with van der Waals surface area (Å²) in [6.07, 6.45) is 1.96. The average Bonchev–Trinajstić information content (AvgIpc) is 2.33. The van der Waals surface area contributed by atoms with E-state index < -0.39 is 0 Å². The molecule has 0 bridgehead atoms. The van der Waals surface area contributed by atoms with Gasteiger partial charge in [0.1, 0.15) is 4.47 Å². The summed E-state index contributed by atoms with van der Waals surface area (Å²) in [4.78, 5) is 24.9. The molecule has 19 heavy (non-hydrogen) atoms. The van der Waals surface area contributed by atoms with Gasteiger partial charge in [-0.1, -0.05) is 0 Å². The van der Waals surface area contributed by atoms with Crippen molar-refractivity contribution in [2.24, 2.45) is 0 Å². The predicted molar refractivity (Wildman–Crippen MR) is 78.4 cm³/mol. The molecule has 0 aliphatic rings. The number of hydrogen-bond acceptors (Lipinski definition) is 4. The second-order valence-corrected chi connectivity index (χ2v) is 5.47. The quantitative estimate of drug-likeness (QED) is 0.887. The van der Waals surface area contributed by atoms with E-state index in [1.807, 2.05) is 13.8 Å². The van der Waals surface area contributed by atoms with Crippen molar-refractivity contribution in [1.82, 2.24) is 14.7 Å². The number of carbonyl (C=O) groups is 1. The van der Waals surface area contributed by atoms with Gasteiger partial charge < -0.3 is 10.2 Å². The van der Waals surface area contributed by atoms with Crippen LogP contribution in [0.15, 0.2) is 15.5 Å². The number of rotatable bonds is 5. The van der Waals surface area contributed by atoms with Gasteiger partial charge in [0.2, 0.25) is 5.91 Å². The highest BCUT2D eigenvalue weighted by molar-refractivity contribution is 9.10. The van der Waals surface area contributed by atoms with Gasteiger partial charge in [-0.25, -0.2) is 4.68 Å². The Morgan fingerprint density at radius 1 is 1.53 bits per heavy atom. The smallest absolute Gasteiger partial charge is 0.283 e. The van der Waals surface area contributed by atoms with Crippen LogP contribution in [0, 0.1) is 0 Å². The molecular formula is C12H19BrN4O2. The summed E-state index contributed by atoms with van der Waals surface area (Å²) in [5.74, 6) is 0.0344. The fourth-order valence-electron chi connectivity index (χ4n) is 1.46. The summed E-state index contributed by atoms with van der Waals surface area (Å²) in [7, 11) is 3.42. The van der Waals surface area contributed by atoms with E-state index in [4.69, 9.17) is 0 Å². The van der Waals surface area contributed by atoms with Gasteiger partial charge in [0.25, 0.3) is 5.56 Å². The molecule has 0 aromatic carbocycles. The molecule has 1 rings (SSSR count). The lowest BCUT2D eigenvalue weighted by Gasteiger charge is -2.13. The van der Waals surface area contributed by atoms with E-state index in [0.29, 0.717) is 23.1 Å². The molecular weight excluding hydrogens is 312 g/mol. The van der Waals surface area contributed by atoms with Gasteiger partial charge in [-0.05, 0) is 29.8 Å². The van der Waals surface area contributed by atoms with Crippen LogP contribution in [-0.4, -0.2) is 41.2 Å². The Labute approximate surface area is 120 Å². The largest absolute Gasteiger partial charge is 0.382 e. The Balaban J connectivity index is 2.73. The van der Waals surface area contributed by atoms with Crippen LogP contribution in [0.2, 0.25) is 0 Å². The molecule has 1 aromatic rings. The molecule has 1 aromatic heterocycles. The first-order valence-corrected chi connectivity index (χ1v) is 6.85. The van der Waals surface area contributed by atoms with Gasteiger partial charge in [0.05, 0.1) is 17.9 Å². The average molecular weight is 331 g/mol. The molecule has 0 saturated heterocycles. The van der Waals surface area contributed by atoms with E-state index in [0.717, 1.165) is 0 Å². The fourth-order valence-corrected chi connectivity index (χ4v) is 1.89. The Bertz CT molecular complexity index is 511. The minimum Gasteiger partial charge on any atom is -0.382 e. The molecule has 0 spiro atoms. The van der Waals surface area contributed by atoms with Crippen molar-refractivity contribution in [1.29, 1.82) is 0 Å². The molecule has 0 atom stereocenters. The first-order valence-electron chi connectivity index (χ1n) is 6.06. The number of carbonyl (C=O) groups excluding carboxylic acids is 1. The van der Waals surface area contributed by atoms with Crippen LogP contribution < -0.4 is 10.9 Å². The fraction of sp³-hybridized carbons (Fsp3) is 0.583. The van der Waals surface area contributed by atoms with Crippen LogP contribution in [0.1, 0.15) is 26.3 Å². The maximum atomic E-state index is 12.0. The monoisotopic (exact) mass is 330 g/mol. The summed E-state index contributed by atoms with van der Waals surface area (Å²) in [6.45, 7) is 4.25. The highest BCUT2D eigenvalue weighted by Crippen LogP contribution is 2.17. The zero-order chi connectivity index (χ0) is 14.6. The molecule has 7 heteroatoms. The zero-order valence-corrected chi connectivity index (χ0v) is 13.2. The molecule has 0 aliphatic carbocycles. The number of anilines is 1. The maximum Gasteiger partial charge on any atom is 0.283 e. The number of amides is 1. The number of nitrogens with one attached hydrogen (secondary N) is 1. The lowest BCUT2D eigenvalue weighted by atomic mass is 10.3. The third kappa shape index (κ3) is 4.05. The van der Waals surface area contributed by atoms with Crippen LogP contribution in [0.4, 0.5) is 5.69 Å². The number of aromatic nitrogens is 2. The molecule has 1 heterocycles. The lowest BCUT2D eigenvalue weighted by molar-refractivity contribution is -0.128. The second-order valence-electron chi connectivity index (χ2n) is 4.68. The van der Waals surface area contributed by atoms with Crippen molar-refractivity contribution in [2.75, 3.05) is 26.0 Å². The Kier molecular flexibility index (Phi) is 5.53. The maximum absolute atomic E-state index is 12.0. The first-order chi connectivity index (χ1) is 8.84. The molecule has 0 unspecified atom stereocenters. The van der Waals surface area contributed by atoms with E-state index in [9.17, 15) is 9.59 Å². The van der Waals surface area contributed by atoms with Gasteiger partial charge in [-0.15, -0.1) is 0 Å². The number of hydrogen-bond donors (Lipinski definition) is 1. The summed E-state index contributed by atoms with van der Waals surface area (Å²) in [5, 5.41) is 7.12. The van der Waals surface area contributed by atoms with Crippen molar-refractivity contribution in [3.8, 4) is 0 Å². The minimum absolute atomic E-state index is 0.00756.